The lowest BCUT2D eigenvalue weighted by molar-refractivity contribution is -0.147. The summed E-state index contributed by atoms with van der Waals surface area (Å²) in [7, 11) is 0. The van der Waals surface area contributed by atoms with Crippen molar-refractivity contribution >= 4 is 11.5 Å². The Bertz CT molecular complexity index is 1420. The third-order valence-electron chi connectivity index (χ3n) is 6.97. The van der Waals surface area contributed by atoms with Crippen molar-refractivity contribution in [3.8, 4) is 29.4 Å². The number of halogens is 3. The minimum Gasteiger partial charge on any atom is -0.481 e. The average Bonchev–Trinajstić information content (AvgIpc) is 3.26. The summed E-state index contributed by atoms with van der Waals surface area (Å²) < 4.78 is 61.6. The Morgan fingerprint density at radius 3 is 2.46 bits per heavy atom. The van der Waals surface area contributed by atoms with Crippen LogP contribution in [0.2, 0.25) is 0 Å². The molecule has 2 aromatic rings. The quantitative estimate of drug-likeness (QED) is 0.218. The van der Waals surface area contributed by atoms with Gasteiger partial charge in [-0.2, -0.15) is 0 Å². The molecule has 1 aliphatic heterocycles. The molecule has 8 heteroatoms. The van der Waals surface area contributed by atoms with E-state index in [1.807, 2.05) is 36.1 Å². The van der Waals surface area contributed by atoms with Gasteiger partial charge in [0.2, 0.25) is 0 Å². The van der Waals surface area contributed by atoms with Crippen molar-refractivity contribution in [1.82, 2.24) is 4.90 Å². The van der Waals surface area contributed by atoms with Crippen LogP contribution in [0.4, 0.5) is 13.2 Å². The fourth-order valence-electron chi connectivity index (χ4n) is 5.42. The third kappa shape index (κ3) is 7.52. The normalized spacial score (nSPS) is 18.0. The van der Waals surface area contributed by atoms with Gasteiger partial charge in [0.1, 0.15) is 42.9 Å². The Labute approximate surface area is 239 Å². The molecule has 0 amide bonds. The van der Waals surface area contributed by atoms with Gasteiger partial charge in [0.15, 0.2) is 0 Å². The van der Waals surface area contributed by atoms with Crippen LogP contribution in [0.5, 0.6) is 5.75 Å². The van der Waals surface area contributed by atoms with E-state index < -0.39 is 29.3 Å². The molecular weight excluding hydrogens is 531 g/mol. The third-order valence-corrected chi connectivity index (χ3v) is 6.97. The predicted octanol–water partition coefficient (Wildman–Crippen LogP) is 5.82. The van der Waals surface area contributed by atoms with E-state index in [4.69, 9.17) is 14.2 Å². The van der Waals surface area contributed by atoms with Crippen LogP contribution in [0, 0.1) is 35.3 Å². The van der Waals surface area contributed by atoms with Crippen LogP contribution in [-0.4, -0.2) is 55.6 Å². The number of nitrogens with zero attached hydrogens (tertiary/aromatic N) is 1. The first-order valence-electron chi connectivity index (χ1n) is 13.6. The SMILES string of the molecule is CCOC(=O)COCC#CC#CCOc1cc(F)c([C@@H]2C3=C(C[C@@H](C)N2CC(C)(C)F)c2ccccc2C3)c(F)c1. The molecule has 0 spiro atoms. The summed E-state index contributed by atoms with van der Waals surface area (Å²) in [6, 6.07) is 9.43. The van der Waals surface area contributed by atoms with Gasteiger partial charge in [0.05, 0.1) is 12.6 Å². The second-order valence-electron chi connectivity index (χ2n) is 10.7. The van der Waals surface area contributed by atoms with Crippen molar-refractivity contribution in [2.75, 3.05) is 33.0 Å². The molecule has 0 saturated carbocycles. The van der Waals surface area contributed by atoms with E-state index in [9.17, 15) is 9.18 Å². The number of ether oxygens (including phenoxy) is 3. The highest BCUT2D eigenvalue weighted by atomic mass is 19.1. The van der Waals surface area contributed by atoms with Crippen LogP contribution in [0.1, 0.15) is 56.8 Å². The molecule has 1 aliphatic carbocycles. The highest BCUT2D eigenvalue weighted by Gasteiger charge is 2.42. The number of hydrogen-bond acceptors (Lipinski definition) is 5. The number of rotatable bonds is 9. The van der Waals surface area contributed by atoms with Crippen molar-refractivity contribution in [3.63, 3.8) is 0 Å². The Morgan fingerprint density at radius 2 is 1.78 bits per heavy atom. The van der Waals surface area contributed by atoms with Crippen molar-refractivity contribution in [2.45, 2.75) is 58.3 Å². The van der Waals surface area contributed by atoms with Gasteiger partial charge in [0.25, 0.3) is 0 Å². The lowest BCUT2D eigenvalue weighted by atomic mass is 9.84. The molecule has 1 heterocycles. The number of carbonyl (C=O) groups is 1. The molecule has 0 fully saturated rings. The zero-order chi connectivity index (χ0) is 29.6. The first-order valence-corrected chi connectivity index (χ1v) is 13.6. The van der Waals surface area contributed by atoms with Gasteiger partial charge in [-0.3, -0.25) is 4.90 Å². The van der Waals surface area contributed by atoms with E-state index in [1.54, 1.807) is 6.92 Å². The maximum absolute atomic E-state index is 15.7. The van der Waals surface area contributed by atoms with Crippen LogP contribution in [0.3, 0.4) is 0 Å². The number of esters is 1. The lowest BCUT2D eigenvalue weighted by Crippen LogP contribution is -2.47. The van der Waals surface area contributed by atoms with Crippen molar-refractivity contribution in [1.29, 1.82) is 0 Å². The Morgan fingerprint density at radius 1 is 1.10 bits per heavy atom. The van der Waals surface area contributed by atoms with Gasteiger partial charge in [-0.15, -0.1) is 0 Å². The highest BCUT2D eigenvalue weighted by Crippen LogP contribution is 2.50. The number of fused-ring (bicyclic) bond motifs is 2. The van der Waals surface area contributed by atoms with Crippen LogP contribution in [0.15, 0.2) is 42.0 Å². The standard InChI is InChI=1S/C33H34F3NO4/c1-5-40-30(38)20-39-14-10-6-7-11-15-41-24-18-28(34)31(29(35)19-24)32-27-17-23-12-8-9-13-25(23)26(27)16-22(2)37(32)21-33(3,4)36/h8-9,12-13,18-19,22,32H,5,14-17,20-21H2,1-4H3/t22-,32+/m1/s1. The molecule has 2 aromatic carbocycles. The smallest absolute Gasteiger partial charge is 0.332 e. The number of hydrogen-bond donors (Lipinski definition) is 0. The van der Waals surface area contributed by atoms with Gasteiger partial charge in [0, 0.05) is 30.3 Å². The second kappa shape index (κ2) is 13.3. The summed E-state index contributed by atoms with van der Waals surface area (Å²) in [5, 5.41) is 0. The van der Waals surface area contributed by atoms with Crippen LogP contribution in [0.25, 0.3) is 5.57 Å². The lowest BCUT2D eigenvalue weighted by Gasteiger charge is -2.44. The van der Waals surface area contributed by atoms with Crippen LogP contribution < -0.4 is 4.74 Å². The van der Waals surface area contributed by atoms with Crippen molar-refractivity contribution in [2.24, 2.45) is 0 Å². The molecule has 0 saturated heterocycles. The summed E-state index contributed by atoms with van der Waals surface area (Å²) in [6.07, 6.45) is 1.25. The molecule has 4 rings (SSSR count). The largest absolute Gasteiger partial charge is 0.481 e. The minimum absolute atomic E-state index is 0.00563. The van der Waals surface area contributed by atoms with Gasteiger partial charge >= 0.3 is 5.97 Å². The fourth-order valence-corrected chi connectivity index (χ4v) is 5.42. The first kappa shape index (κ1) is 30.2. The minimum atomic E-state index is -1.55. The highest BCUT2D eigenvalue weighted by molar-refractivity contribution is 5.79. The predicted molar refractivity (Wildman–Crippen MR) is 151 cm³/mol. The van der Waals surface area contributed by atoms with Crippen molar-refractivity contribution in [3.05, 3.63) is 70.3 Å². The molecule has 0 N–H and O–H groups in total. The molecule has 5 nitrogen and oxygen atoms in total. The molecule has 216 valence electrons. The van der Waals surface area contributed by atoms with E-state index in [2.05, 4.69) is 23.7 Å². The van der Waals surface area contributed by atoms with Crippen LogP contribution in [-0.2, 0) is 20.7 Å². The number of benzene rings is 2. The summed E-state index contributed by atoms with van der Waals surface area (Å²) in [4.78, 5) is 13.1. The average molecular weight is 566 g/mol. The molecular formula is C33H34F3NO4. The zero-order valence-electron chi connectivity index (χ0n) is 23.8. The van der Waals surface area contributed by atoms with Gasteiger partial charge in [-0.25, -0.2) is 18.0 Å². The Hall–Kier alpha value is -3.72. The second-order valence-corrected chi connectivity index (χ2v) is 10.7. The molecule has 2 aliphatic rings. The van der Waals surface area contributed by atoms with E-state index in [0.717, 1.165) is 34.4 Å². The van der Waals surface area contributed by atoms with Crippen molar-refractivity contribution < 1.29 is 32.2 Å². The summed E-state index contributed by atoms with van der Waals surface area (Å²) in [5.74, 6) is 8.41. The molecule has 41 heavy (non-hydrogen) atoms. The molecule has 0 unspecified atom stereocenters. The maximum Gasteiger partial charge on any atom is 0.332 e. The zero-order valence-corrected chi connectivity index (χ0v) is 23.8. The molecule has 2 atom stereocenters. The topological polar surface area (TPSA) is 48.0 Å². The first-order chi connectivity index (χ1) is 19.6. The Kier molecular flexibility index (Phi) is 9.81. The fraction of sp³-hybridized carbons (Fsp3) is 0.424. The molecule has 0 radical (unpaired) electrons. The maximum atomic E-state index is 15.7. The van der Waals surface area contributed by atoms with Gasteiger partial charge in [-0.1, -0.05) is 30.2 Å². The summed E-state index contributed by atoms with van der Waals surface area (Å²) in [6.45, 7) is 6.63. The number of alkyl halides is 1. The van der Waals surface area contributed by atoms with E-state index >= 15 is 8.78 Å². The van der Waals surface area contributed by atoms with Crippen LogP contribution >= 0.6 is 0 Å². The van der Waals surface area contributed by atoms with Gasteiger partial charge < -0.3 is 14.2 Å². The monoisotopic (exact) mass is 565 g/mol. The van der Waals surface area contributed by atoms with E-state index in [-0.39, 0.29) is 50.3 Å². The van der Waals surface area contributed by atoms with E-state index in [0.29, 0.717) is 12.8 Å². The van der Waals surface area contributed by atoms with Gasteiger partial charge in [-0.05, 0) is 80.6 Å². The van der Waals surface area contributed by atoms with E-state index in [1.165, 1.54) is 13.8 Å². The summed E-state index contributed by atoms with van der Waals surface area (Å²) in [5.41, 5.74) is 2.56. The molecule has 0 aromatic heterocycles. The summed E-state index contributed by atoms with van der Waals surface area (Å²) >= 11 is 0. The Balaban J connectivity index is 1.50. The molecule has 0 bridgehead atoms. The number of carbonyl (C=O) groups excluding carboxylic acids is 1.